The fourth-order valence-electron chi connectivity index (χ4n) is 6.97. The molecule has 1 aliphatic heterocycles. The lowest BCUT2D eigenvalue weighted by atomic mass is 10.0. The second-order valence-corrected chi connectivity index (χ2v) is 16.3. The minimum absolute atomic E-state index is 0.0321. The van der Waals surface area contributed by atoms with Crippen LogP contribution in [0.1, 0.15) is 90.5 Å². The van der Waals surface area contributed by atoms with Gasteiger partial charge in [0.05, 0.1) is 12.6 Å². The van der Waals surface area contributed by atoms with Crippen LogP contribution in [-0.4, -0.2) is 137 Å². The predicted molar refractivity (Wildman–Crippen MR) is 241 cm³/mol. The van der Waals surface area contributed by atoms with E-state index in [0.717, 1.165) is 0 Å². The van der Waals surface area contributed by atoms with Gasteiger partial charge >= 0.3 is 0 Å². The van der Waals surface area contributed by atoms with Gasteiger partial charge in [0, 0.05) is 32.7 Å². The number of benzene rings is 1. The fourth-order valence-corrected chi connectivity index (χ4v) is 6.97. The molecule has 358 valence electrons. The molecular formula is C41H71N15O8. The summed E-state index contributed by atoms with van der Waals surface area (Å²) in [5, 5.41) is 20.5. The maximum atomic E-state index is 14.4. The van der Waals surface area contributed by atoms with Crippen molar-refractivity contribution in [3.63, 3.8) is 0 Å². The van der Waals surface area contributed by atoms with Crippen molar-refractivity contribution in [3.8, 4) is 5.75 Å². The van der Waals surface area contributed by atoms with E-state index in [9.17, 15) is 38.7 Å². The van der Waals surface area contributed by atoms with Crippen LogP contribution in [0, 0.1) is 5.92 Å². The minimum atomic E-state index is -1.29. The number of nitrogens with one attached hydrogen (secondary N) is 4. The molecule has 1 aliphatic rings. The third-order valence-corrected chi connectivity index (χ3v) is 10.4. The molecule has 1 heterocycles. The summed E-state index contributed by atoms with van der Waals surface area (Å²) >= 11 is 0. The Morgan fingerprint density at radius 1 is 0.781 bits per heavy atom. The van der Waals surface area contributed by atoms with E-state index < -0.39 is 84.1 Å². The Bertz CT molecular complexity index is 1770. The van der Waals surface area contributed by atoms with Crippen LogP contribution in [0.3, 0.4) is 0 Å². The average molecular weight is 902 g/mol. The Balaban J connectivity index is 2.34. The minimum Gasteiger partial charge on any atom is -0.508 e. The zero-order valence-electron chi connectivity index (χ0n) is 37.3. The number of likely N-dealkylation sites (tertiary alicyclic amines) is 1. The summed E-state index contributed by atoms with van der Waals surface area (Å²) in [6.07, 6.45) is 3.25. The maximum absolute atomic E-state index is 14.4. The predicted octanol–water partition coefficient (Wildman–Crippen LogP) is -3.23. The maximum Gasteiger partial charge on any atom is 0.245 e. The van der Waals surface area contributed by atoms with Gasteiger partial charge in [0.1, 0.15) is 36.0 Å². The lowest BCUT2D eigenvalue weighted by Crippen LogP contribution is -2.59. The molecule has 0 aromatic heterocycles. The number of phenolic OH excluding ortho intramolecular Hbond substituents is 1. The number of hydrogen-bond acceptors (Lipinski definition) is 12. The topological polar surface area (TPSA) is 401 Å². The van der Waals surface area contributed by atoms with Gasteiger partial charge in [-0.05, 0) is 81.4 Å². The molecule has 7 amide bonds. The highest BCUT2D eigenvalue weighted by molar-refractivity contribution is 5.96. The average Bonchev–Trinajstić information content (AvgIpc) is 3.73. The van der Waals surface area contributed by atoms with Gasteiger partial charge in [-0.15, -0.1) is 0 Å². The Hall–Kier alpha value is -6.23. The summed E-state index contributed by atoms with van der Waals surface area (Å²) in [4.78, 5) is 105. The SMILES string of the molecule is CCC[C@H](NC(=O)[C@H](CCCN=C(N)N)NC(=O)[C@@H]1CCCN1C(=O)[C@@H](N)CCCN=C(N)N)C(=O)N(CC(=O)N[C@@H](CN)C(=O)N[C@@H](CCC(C)C)C(N)=O)Cc1ccc(O)cc1. The molecule has 0 spiro atoms. The number of carbonyl (C=O) groups is 7. The van der Waals surface area contributed by atoms with E-state index in [1.54, 1.807) is 19.1 Å². The lowest BCUT2D eigenvalue weighted by Gasteiger charge is -2.30. The fraction of sp³-hybridized carbons (Fsp3) is 0.634. The van der Waals surface area contributed by atoms with E-state index in [-0.39, 0.29) is 88.4 Å². The van der Waals surface area contributed by atoms with Gasteiger partial charge in [-0.1, -0.05) is 39.3 Å². The van der Waals surface area contributed by atoms with Gasteiger partial charge < -0.3 is 76.3 Å². The van der Waals surface area contributed by atoms with Crippen LogP contribution in [0.25, 0.3) is 0 Å². The van der Waals surface area contributed by atoms with Crippen molar-refractivity contribution in [3.05, 3.63) is 29.8 Å². The van der Waals surface area contributed by atoms with E-state index in [1.807, 2.05) is 13.8 Å². The van der Waals surface area contributed by atoms with Crippen LogP contribution in [0.15, 0.2) is 34.3 Å². The number of primary amides is 1. The zero-order chi connectivity index (χ0) is 47.9. The number of rotatable bonds is 28. The summed E-state index contributed by atoms with van der Waals surface area (Å²) in [6.45, 7) is 5.29. The summed E-state index contributed by atoms with van der Waals surface area (Å²) in [5.41, 5.74) is 39.9. The number of amides is 7. The summed E-state index contributed by atoms with van der Waals surface area (Å²) in [6, 6.07) is -0.607. The third kappa shape index (κ3) is 19.0. The number of aliphatic imine (C=N–C) groups is 2. The van der Waals surface area contributed by atoms with Gasteiger partial charge in [-0.2, -0.15) is 0 Å². The van der Waals surface area contributed by atoms with Crippen molar-refractivity contribution in [1.29, 1.82) is 0 Å². The number of phenols is 1. The van der Waals surface area contributed by atoms with Crippen molar-refractivity contribution < 1.29 is 38.7 Å². The normalized spacial score (nSPS) is 15.7. The number of guanidine groups is 2. The second kappa shape index (κ2) is 27.7. The van der Waals surface area contributed by atoms with Crippen molar-refractivity contribution >= 4 is 53.3 Å². The Labute approximate surface area is 374 Å². The smallest absolute Gasteiger partial charge is 0.245 e. The quantitative estimate of drug-likeness (QED) is 0.0224. The third-order valence-electron chi connectivity index (χ3n) is 10.4. The molecule has 1 saturated heterocycles. The van der Waals surface area contributed by atoms with Gasteiger partial charge in [-0.25, -0.2) is 0 Å². The molecule has 6 atom stereocenters. The molecule has 2 rings (SSSR count). The number of carbonyl (C=O) groups excluding carboxylic acids is 7. The van der Waals surface area contributed by atoms with E-state index in [1.165, 1.54) is 21.9 Å². The van der Waals surface area contributed by atoms with Crippen molar-refractivity contribution in [2.75, 3.05) is 32.7 Å². The van der Waals surface area contributed by atoms with E-state index in [0.29, 0.717) is 37.7 Å². The van der Waals surface area contributed by atoms with E-state index in [4.69, 9.17) is 40.1 Å². The molecular weight excluding hydrogens is 831 g/mol. The molecule has 23 nitrogen and oxygen atoms in total. The second-order valence-electron chi connectivity index (χ2n) is 16.3. The highest BCUT2D eigenvalue weighted by atomic mass is 16.3. The first-order chi connectivity index (χ1) is 30.3. The molecule has 1 fully saturated rings. The molecule has 0 saturated carbocycles. The molecule has 0 radical (unpaired) electrons. The lowest BCUT2D eigenvalue weighted by molar-refractivity contribution is -0.142. The number of hydrogen-bond donors (Lipinski definition) is 12. The van der Waals surface area contributed by atoms with Crippen molar-refractivity contribution in [1.82, 2.24) is 31.1 Å². The van der Waals surface area contributed by atoms with Crippen molar-refractivity contribution in [2.45, 2.75) is 128 Å². The molecule has 23 heteroatoms. The highest BCUT2D eigenvalue weighted by Crippen LogP contribution is 2.20. The van der Waals surface area contributed by atoms with Gasteiger partial charge in [-0.3, -0.25) is 43.5 Å². The van der Waals surface area contributed by atoms with E-state index >= 15 is 0 Å². The number of aromatic hydroxyl groups is 1. The Morgan fingerprint density at radius 2 is 1.38 bits per heavy atom. The molecule has 1 aromatic carbocycles. The molecule has 0 bridgehead atoms. The standard InChI is InChI=1S/C41H71N15O8/c1-4-8-30(39(64)55(22-25-13-15-26(57)16-14-25)23-33(58)51-31(21-42)36(61)52-28(34(44)59)17-12-24(2)3)54-35(60)29(10-6-19-50-41(47)48)53-37(62)32-11-7-20-56(32)38(63)27(43)9-5-18-49-40(45)46/h13-16,24,27-32,57H,4-12,17-23,42-43H2,1-3H3,(H2,44,59)(H,51,58)(H,52,61)(H,53,62)(H,54,60)(H4,45,46,49)(H4,47,48,50)/t27-,28-,29-,30-,31-,32-/m0/s1. The summed E-state index contributed by atoms with van der Waals surface area (Å²) in [5.74, 6) is -4.71. The molecule has 0 unspecified atom stereocenters. The molecule has 1 aromatic rings. The Kier molecular flexibility index (Phi) is 23.4. The monoisotopic (exact) mass is 902 g/mol. The zero-order valence-corrected chi connectivity index (χ0v) is 37.3. The van der Waals surface area contributed by atoms with Crippen LogP contribution < -0.4 is 61.4 Å². The number of nitrogens with zero attached hydrogens (tertiary/aromatic N) is 4. The van der Waals surface area contributed by atoms with Crippen LogP contribution in [0.5, 0.6) is 5.75 Å². The Morgan fingerprint density at radius 3 is 1.94 bits per heavy atom. The van der Waals surface area contributed by atoms with Crippen molar-refractivity contribution in [2.24, 2.45) is 56.0 Å². The highest BCUT2D eigenvalue weighted by Gasteiger charge is 2.38. The van der Waals surface area contributed by atoms with Crippen LogP contribution in [-0.2, 0) is 40.1 Å². The number of nitrogens with two attached hydrogens (primary N) is 7. The molecule has 0 aliphatic carbocycles. The van der Waals surface area contributed by atoms with Gasteiger partial charge in [0.2, 0.25) is 41.4 Å². The molecule has 19 N–H and O–H groups in total. The van der Waals surface area contributed by atoms with Gasteiger partial charge in [0.15, 0.2) is 11.9 Å². The van der Waals surface area contributed by atoms with Gasteiger partial charge in [0.25, 0.3) is 0 Å². The first-order valence-corrected chi connectivity index (χ1v) is 21.7. The molecule has 64 heavy (non-hydrogen) atoms. The first kappa shape index (κ1) is 53.9. The van der Waals surface area contributed by atoms with Crippen LogP contribution in [0.2, 0.25) is 0 Å². The summed E-state index contributed by atoms with van der Waals surface area (Å²) < 4.78 is 0. The first-order valence-electron chi connectivity index (χ1n) is 21.7. The van der Waals surface area contributed by atoms with Crippen LogP contribution in [0.4, 0.5) is 0 Å². The van der Waals surface area contributed by atoms with Crippen LogP contribution >= 0.6 is 0 Å². The largest absolute Gasteiger partial charge is 0.508 e. The summed E-state index contributed by atoms with van der Waals surface area (Å²) in [7, 11) is 0. The van der Waals surface area contributed by atoms with E-state index in [2.05, 4.69) is 31.3 Å².